The fraction of sp³-hybridized carbons (Fsp3) is 0. The lowest BCUT2D eigenvalue weighted by Crippen LogP contribution is -2.02. The molecule has 0 saturated heterocycles. The van der Waals surface area contributed by atoms with Crippen LogP contribution >= 0.6 is 11.3 Å². The topological polar surface area (TPSA) is 43.9 Å². The lowest BCUT2D eigenvalue weighted by molar-refractivity contribution is 0.630. The molecule has 11 rings (SSSR count). The Balaban J connectivity index is 1.19. The van der Waals surface area contributed by atoms with Gasteiger partial charge < -0.3 is 4.42 Å². The lowest BCUT2D eigenvalue weighted by atomic mass is 9.99. The zero-order valence-corrected chi connectivity index (χ0v) is 28.1. The normalized spacial score (nSPS) is 11.9. The van der Waals surface area contributed by atoms with E-state index in [1.165, 1.54) is 47.5 Å². The zero-order chi connectivity index (χ0) is 33.5. The van der Waals surface area contributed by atoms with Gasteiger partial charge >= 0.3 is 0 Å². The molecular formula is C46H27N3OS. The lowest BCUT2D eigenvalue weighted by Gasteiger charge is -2.10. The van der Waals surface area contributed by atoms with E-state index in [-0.39, 0.29) is 0 Å². The Morgan fingerprint density at radius 3 is 1.98 bits per heavy atom. The summed E-state index contributed by atoms with van der Waals surface area (Å²) in [6.45, 7) is 0. The van der Waals surface area contributed by atoms with Gasteiger partial charge in [-0.15, -0.1) is 11.3 Å². The second kappa shape index (κ2) is 11.0. The van der Waals surface area contributed by atoms with Crippen molar-refractivity contribution in [2.75, 3.05) is 0 Å². The van der Waals surface area contributed by atoms with Crippen molar-refractivity contribution >= 4 is 75.2 Å². The van der Waals surface area contributed by atoms with E-state index in [9.17, 15) is 0 Å². The van der Waals surface area contributed by atoms with Crippen LogP contribution in [0.15, 0.2) is 168 Å². The fourth-order valence-corrected chi connectivity index (χ4v) is 8.73. The van der Waals surface area contributed by atoms with Gasteiger partial charge in [0.1, 0.15) is 17.0 Å². The standard InChI is InChI=1S/C46H27N3OS/c1-3-12-29(13-4-1)40-27-37-45(50-40)44(30-14-5-2-6-15-30)48-46(47-37)49-38-22-20-31(26-36(38)43-33-16-8-7-11-28(33)19-23-39(43)49)32-21-24-42-35(25-32)34-17-9-10-18-41(34)51-42/h1-27H. The monoisotopic (exact) mass is 669 g/mol. The van der Waals surface area contributed by atoms with E-state index in [0.717, 1.165) is 44.5 Å². The Morgan fingerprint density at radius 2 is 1.14 bits per heavy atom. The molecule has 7 aromatic carbocycles. The van der Waals surface area contributed by atoms with Crippen molar-refractivity contribution < 1.29 is 4.42 Å². The second-order valence-corrected chi connectivity index (χ2v) is 14.1. The van der Waals surface area contributed by atoms with Gasteiger partial charge in [0, 0.05) is 48.1 Å². The highest BCUT2D eigenvalue weighted by molar-refractivity contribution is 7.25. The SMILES string of the molecule is c1ccc(-c2cc3nc(-n4c5ccc(-c6ccc7sc8ccccc8c7c6)cc5c5c6ccccc6ccc54)nc(-c4ccccc4)c3o2)cc1. The average Bonchev–Trinajstić information content (AvgIpc) is 3.89. The molecule has 0 unspecified atom stereocenters. The van der Waals surface area contributed by atoms with Crippen LogP contribution in [0.5, 0.6) is 0 Å². The highest BCUT2D eigenvalue weighted by Gasteiger charge is 2.22. The number of fused-ring (bicyclic) bond motifs is 9. The summed E-state index contributed by atoms with van der Waals surface area (Å²) < 4.78 is 11.4. The maximum Gasteiger partial charge on any atom is 0.236 e. The van der Waals surface area contributed by atoms with Crippen molar-refractivity contribution in [3.63, 3.8) is 0 Å². The predicted molar refractivity (Wildman–Crippen MR) is 213 cm³/mol. The summed E-state index contributed by atoms with van der Waals surface area (Å²) in [7, 11) is 0. The Kier molecular flexibility index (Phi) is 6.09. The summed E-state index contributed by atoms with van der Waals surface area (Å²) in [5, 5.41) is 7.36. The van der Waals surface area contributed by atoms with Crippen LogP contribution in [0.2, 0.25) is 0 Å². The first-order valence-electron chi connectivity index (χ1n) is 17.1. The Morgan fingerprint density at radius 1 is 0.471 bits per heavy atom. The summed E-state index contributed by atoms with van der Waals surface area (Å²) >= 11 is 1.85. The highest BCUT2D eigenvalue weighted by Crippen LogP contribution is 2.41. The van der Waals surface area contributed by atoms with Gasteiger partial charge in [0.05, 0.1) is 11.0 Å². The van der Waals surface area contributed by atoms with Gasteiger partial charge in [0.25, 0.3) is 0 Å². The van der Waals surface area contributed by atoms with E-state index in [1.54, 1.807) is 0 Å². The summed E-state index contributed by atoms with van der Waals surface area (Å²) in [5.41, 5.74) is 8.67. The van der Waals surface area contributed by atoms with Crippen molar-refractivity contribution in [3.8, 4) is 39.7 Å². The molecule has 11 aromatic rings. The van der Waals surface area contributed by atoms with Gasteiger partial charge in [-0.3, -0.25) is 4.57 Å². The van der Waals surface area contributed by atoms with Gasteiger partial charge in [-0.1, -0.05) is 121 Å². The molecule has 0 aliphatic heterocycles. The van der Waals surface area contributed by atoms with Crippen molar-refractivity contribution in [2.24, 2.45) is 0 Å². The molecule has 0 aliphatic carbocycles. The van der Waals surface area contributed by atoms with Crippen molar-refractivity contribution in [2.45, 2.75) is 0 Å². The molecule has 0 amide bonds. The van der Waals surface area contributed by atoms with Gasteiger partial charge in [-0.05, 0) is 58.3 Å². The minimum atomic E-state index is 0.607. The maximum atomic E-state index is 6.53. The van der Waals surface area contributed by atoms with Gasteiger partial charge in [0.2, 0.25) is 5.95 Å². The molecular weight excluding hydrogens is 643 g/mol. The van der Waals surface area contributed by atoms with E-state index >= 15 is 0 Å². The average molecular weight is 670 g/mol. The third-order valence-corrected chi connectivity index (χ3v) is 11.2. The maximum absolute atomic E-state index is 6.53. The number of aromatic nitrogens is 3. The summed E-state index contributed by atoms with van der Waals surface area (Å²) in [5.74, 6) is 1.37. The smallest absolute Gasteiger partial charge is 0.236 e. The van der Waals surface area contributed by atoms with Crippen LogP contribution in [-0.2, 0) is 0 Å². The molecule has 0 radical (unpaired) electrons. The molecule has 4 nitrogen and oxygen atoms in total. The number of hydrogen-bond donors (Lipinski definition) is 0. The molecule has 5 heteroatoms. The summed E-state index contributed by atoms with van der Waals surface area (Å²) in [4.78, 5) is 10.5. The van der Waals surface area contributed by atoms with Crippen LogP contribution < -0.4 is 0 Å². The predicted octanol–water partition coefficient (Wildman–Crippen LogP) is 12.8. The first-order chi connectivity index (χ1) is 25.3. The van der Waals surface area contributed by atoms with Crippen molar-refractivity contribution in [1.29, 1.82) is 0 Å². The summed E-state index contributed by atoms with van der Waals surface area (Å²) in [6.07, 6.45) is 0. The second-order valence-electron chi connectivity index (χ2n) is 13.0. The Bertz CT molecular complexity index is 3140. The number of rotatable bonds is 4. The Labute approximate surface area is 296 Å². The van der Waals surface area contributed by atoms with Crippen LogP contribution in [0, 0.1) is 0 Å². The molecule has 0 N–H and O–H groups in total. The fourth-order valence-electron chi connectivity index (χ4n) is 7.65. The zero-order valence-electron chi connectivity index (χ0n) is 27.2. The van der Waals surface area contributed by atoms with E-state index in [1.807, 2.05) is 53.8 Å². The third-order valence-electron chi connectivity index (χ3n) is 10.0. The van der Waals surface area contributed by atoms with E-state index in [4.69, 9.17) is 14.4 Å². The minimum absolute atomic E-state index is 0.607. The molecule has 4 aromatic heterocycles. The van der Waals surface area contributed by atoms with Crippen LogP contribution in [0.4, 0.5) is 0 Å². The third kappa shape index (κ3) is 4.38. The first-order valence-corrected chi connectivity index (χ1v) is 17.9. The first kappa shape index (κ1) is 28.3. The molecule has 0 spiro atoms. The minimum Gasteiger partial charge on any atom is -0.452 e. The molecule has 0 atom stereocenters. The number of hydrogen-bond acceptors (Lipinski definition) is 4. The van der Waals surface area contributed by atoms with Crippen LogP contribution in [0.1, 0.15) is 0 Å². The van der Waals surface area contributed by atoms with Gasteiger partial charge in [-0.25, -0.2) is 9.97 Å². The number of furan rings is 1. The largest absolute Gasteiger partial charge is 0.452 e. The molecule has 51 heavy (non-hydrogen) atoms. The highest BCUT2D eigenvalue weighted by atomic mass is 32.1. The molecule has 0 fully saturated rings. The molecule has 238 valence electrons. The van der Waals surface area contributed by atoms with Gasteiger partial charge in [-0.2, -0.15) is 0 Å². The van der Waals surface area contributed by atoms with Crippen molar-refractivity contribution in [3.05, 3.63) is 164 Å². The van der Waals surface area contributed by atoms with Gasteiger partial charge in [0.15, 0.2) is 5.58 Å². The molecule has 0 aliphatic rings. The van der Waals surface area contributed by atoms with Crippen LogP contribution in [0.3, 0.4) is 0 Å². The van der Waals surface area contributed by atoms with E-state index < -0.39 is 0 Å². The molecule has 4 heterocycles. The van der Waals surface area contributed by atoms with E-state index in [0.29, 0.717) is 11.5 Å². The van der Waals surface area contributed by atoms with Crippen LogP contribution in [-0.4, -0.2) is 14.5 Å². The quantitative estimate of drug-likeness (QED) is 0.187. The molecule has 0 bridgehead atoms. The Hall–Kier alpha value is -6.56. The van der Waals surface area contributed by atoms with Crippen molar-refractivity contribution in [1.82, 2.24) is 14.5 Å². The van der Waals surface area contributed by atoms with Crippen LogP contribution in [0.25, 0.3) is 104 Å². The van der Waals surface area contributed by atoms with E-state index in [2.05, 4.69) is 126 Å². The number of nitrogens with zero attached hydrogens (tertiary/aromatic N) is 3. The number of thiophene rings is 1. The summed E-state index contributed by atoms with van der Waals surface area (Å²) in [6, 6.07) is 57.9. The molecule has 0 saturated carbocycles. The number of benzene rings is 7.